The normalized spacial score (nSPS) is 18.3. The summed E-state index contributed by atoms with van der Waals surface area (Å²) in [7, 11) is 0. The maximum atomic E-state index is 5.76. The first-order valence-corrected chi connectivity index (χ1v) is 6.53. The predicted molar refractivity (Wildman–Crippen MR) is 63.6 cm³/mol. The van der Waals surface area contributed by atoms with Crippen LogP contribution in [0.25, 0.3) is 0 Å². The van der Waals surface area contributed by atoms with Gasteiger partial charge in [0.25, 0.3) is 0 Å². The minimum Gasteiger partial charge on any atom is -0.378 e. The molecule has 1 aromatic rings. The molecule has 1 fully saturated rings. The van der Waals surface area contributed by atoms with Crippen molar-refractivity contribution in [3.63, 3.8) is 0 Å². The van der Waals surface area contributed by atoms with Crippen molar-refractivity contribution in [1.29, 1.82) is 0 Å². The largest absolute Gasteiger partial charge is 0.378 e. The van der Waals surface area contributed by atoms with E-state index in [2.05, 4.69) is 16.8 Å². The SMILES string of the molecule is CCCOC1CCN(c2cncs2)CC1. The Bertz CT molecular complexity index is 268. The fraction of sp³-hybridized carbons (Fsp3) is 0.727. The summed E-state index contributed by atoms with van der Waals surface area (Å²) in [5, 5.41) is 1.30. The van der Waals surface area contributed by atoms with Crippen molar-refractivity contribution in [2.75, 3.05) is 24.6 Å². The molecule has 15 heavy (non-hydrogen) atoms. The van der Waals surface area contributed by atoms with Gasteiger partial charge in [0.05, 0.1) is 17.8 Å². The summed E-state index contributed by atoms with van der Waals surface area (Å²) in [6, 6.07) is 0. The third-order valence-corrected chi connectivity index (χ3v) is 3.56. The summed E-state index contributed by atoms with van der Waals surface area (Å²) in [6.07, 6.45) is 5.86. The smallest absolute Gasteiger partial charge is 0.111 e. The highest BCUT2D eigenvalue weighted by Gasteiger charge is 2.20. The molecule has 2 rings (SSSR count). The molecule has 1 aliphatic heterocycles. The molecular formula is C11H18N2OS. The number of piperidine rings is 1. The fourth-order valence-corrected chi connectivity index (χ4v) is 2.58. The topological polar surface area (TPSA) is 25.4 Å². The molecule has 1 aliphatic rings. The maximum Gasteiger partial charge on any atom is 0.111 e. The summed E-state index contributed by atoms with van der Waals surface area (Å²) in [6.45, 7) is 5.28. The minimum atomic E-state index is 0.481. The minimum absolute atomic E-state index is 0.481. The molecule has 4 heteroatoms. The summed E-state index contributed by atoms with van der Waals surface area (Å²) in [5.41, 5.74) is 1.90. The lowest BCUT2D eigenvalue weighted by Gasteiger charge is -2.32. The number of nitrogens with zero attached hydrogens (tertiary/aromatic N) is 2. The molecule has 0 aliphatic carbocycles. The molecule has 0 spiro atoms. The molecule has 0 radical (unpaired) electrons. The summed E-state index contributed by atoms with van der Waals surface area (Å²) in [4.78, 5) is 6.52. The molecule has 0 saturated carbocycles. The van der Waals surface area contributed by atoms with Crippen molar-refractivity contribution in [2.24, 2.45) is 0 Å². The van der Waals surface area contributed by atoms with Crippen LogP contribution < -0.4 is 4.90 Å². The van der Waals surface area contributed by atoms with Gasteiger partial charge in [-0.05, 0) is 19.3 Å². The average Bonchev–Trinajstić information content (AvgIpc) is 2.80. The van der Waals surface area contributed by atoms with E-state index in [0.717, 1.165) is 39.0 Å². The van der Waals surface area contributed by atoms with Gasteiger partial charge in [0.15, 0.2) is 0 Å². The second kappa shape index (κ2) is 5.47. The van der Waals surface area contributed by atoms with E-state index >= 15 is 0 Å². The number of thiazole rings is 1. The van der Waals surface area contributed by atoms with E-state index in [1.807, 2.05) is 11.7 Å². The lowest BCUT2D eigenvalue weighted by atomic mass is 10.1. The highest BCUT2D eigenvalue weighted by atomic mass is 32.1. The van der Waals surface area contributed by atoms with Crippen molar-refractivity contribution in [2.45, 2.75) is 32.3 Å². The van der Waals surface area contributed by atoms with Gasteiger partial charge in [-0.2, -0.15) is 0 Å². The third-order valence-electron chi connectivity index (χ3n) is 2.73. The Labute approximate surface area is 95.1 Å². The molecule has 0 unspecified atom stereocenters. The van der Waals surface area contributed by atoms with E-state index < -0.39 is 0 Å². The molecule has 1 aromatic heterocycles. The molecule has 0 amide bonds. The van der Waals surface area contributed by atoms with Crippen LogP contribution in [0.4, 0.5) is 5.00 Å². The molecule has 0 aromatic carbocycles. The van der Waals surface area contributed by atoms with Gasteiger partial charge in [-0.25, -0.2) is 0 Å². The van der Waals surface area contributed by atoms with Crippen LogP contribution in [0.5, 0.6) is 0 Å². The first-order valence-electron chi connectivity index (χ1n) is 5.65. The van der Waals surface area contributed by atoms with E-state index in [0.29, 0.717) is 6.10 Å². The maximum absolute atomic E-state index is 5.76. The van der Waals surface area contributed by atoms with Crippen molar-refractivity contribution >= 4 is 16.3 Å². The van der Waals surface area contributed by atoms with E-state index in [9.17, 15) is 0 Å². The van der Waals surface area contributed by atoms with Crippen LogP contribution in [0.15, 0.2) is 11.7 Å². The number of hydrogen-bond acceptors (Lipinski definition) is 4. The fourth-order valence-electron chi connectivity index (χ4n) is 1.89. The van der Waals surface area contributed by atoms with Gasteiger partial charge in [0.2, 0.25) is 0 Å². The van der Waals surface area contributed by atoms with Gasteiger partial charge in [-0.1, -0.05) is 6.92 Å². The van der Waals surface area contributed by atoms with Gasteiger partial charge in [-0.15, -0.1) is 11.3 Å². The Balaban J connectivity index is 1.77. The first kappa shape index (κ1) is 10.9. The Hall–Kier alpha value is -0.610. The quantitative estimate of drug-likeness (QED) is 0.789. The molecule has 0 bridgehead atoms. The molecule has 0 atom stereocenters. The predicted octanol–water partition coefficient (Wildman–Crippen LogP) is 2.54. The molecule has 84 valence electrons. The number of anilines is 1. The van der Waals surface area contributed by atoms with Gasteiger partial charge < -0.3 is 9.64 Å². The second-order valence-electron chi connectivity index (χ2n) is 3.90. The summed E-state index contributed by atoms with van der Waals surface area (Å²) >= 11 is 1.72. The van der Waals surface area contributed by atoms with Gasteiger partial charge in [0, 0.05) is 19.7 Å². The van der Waals surface area contributed by atoms with Crippen molar-refractivity contribution in [1.82, 2.24) is 4.98 Å². The van der Waals surface area contributed by atoms with Crippen molar-refractivity contribution in [3.8, 4) is 0 Å². The summed E-state index contributed by atoms with van der Waals surface area (Å²) < 4.78 is 5.76. The zero-order valence-corrected chi connectivity index (χ0v) is 10.0. The Morgan fingerprint density at radius 2 is 2.33 bits per heavy atom. The zero-order valence-electron chi connectivity index (χ0n) is 9.19. The Kier molecular flexibility index (Phi) is 3.97. The van der Waals surface area contributed by atoms with Gasteiger partial charge in [0.1, 0.15) is 5.00 Å². The highest BCUT2D eigenvalue weighted by Crippen LogP contribution is 2.24. The number of aromatic nitrogens is 1. The van der Waals surface area contributed by atoms with E-state index in [-0.39, 0.29) is 0 Å². The monoisotopic (exact) mass is 226 g/mol. The van der Waals surface area contributed by atoms with Crippen LogP contribution in [0, 0.1) is 0 Å². The standard InChI is InChI=1S/C11H18N2OS/c1-2-7-14-10-3-5-13(6-4-10)11-8-12-9-15-11/h8-10H,2-7H2,1H3. The first-order chi connectivity index (χ1) is 7.40. The van der Waals surface area contributed by atoms with Gasteiger partial charge in [-0.3, -0.25) is 4.98 Å². The average molecular weight is 226 g/mol. The summed E-state index contributed by atoms with van der Waals surface area (Å²) in [5.74, 6) is 0. The molecule has 1 saturated heterocycles. The molecule has 0 N–H and O–H groups in total. The number of ether oxygens (including phenoxy) is 1. The highest BCUT2D eigenvalue weighted by molar-refractivity contribution is 7.13. The van der Waals surface area contributed by atoms with E-state index in [1.54, 1.807) is 11.3 Å². The lowest BCUT2D eigenvalue weighted by molar-refractivity contribution is 0.0376. The lowest BCUT2D eigenvalue weighted by Crippen LogP contribution is -2.36. The molecule has 2 heterocycles. The molecule has 3 nitrogen and oxygen atoms in total. The number of rotatable bonds is 4. The molecular weight excluding hydrogens is 208 g/mol. The van der Waals surface area contributed by atoms with Crippen molar-refractivity contribution in [3.05, 3.63) is 11.7 Å². The third kappa shape index (κ3) is 2.92. The zero-order chi connectivity index (χ0) is 10.5. The van der Waals surface area contributed by atoms with Crippen LogP contribution in [-0.2, 0) is 4.74 Å². The van der Waals surface area contributed by atoms with Crippen LogP contribution >= 0.6 is 11.3 Å². The van der Waals surface area contributed by atoms with Crippen molar-refractivity contribution < 1.29 is 4.74 Å². The Morgan fingerprint density at radius 3 is 2.93 bits per heavy atom. The van der Waals surface area contributed by atoms with E-state index in [1.165, 1.54) is 5.00 Å². The van der Waals surface area contributed by atoms with Crippen LogP contribution in [0.3, 0.4) is 0 Å². The van der Waals surface area contributed by atoms with Crippen LogP contribution in [-0.4, -0.2) is 30.8 Å². The van der Waals surface area contributed by atoms with Crippen LogP contribution in [0.1, 0.15) is 26.2 Å². The Morgan fingerprint density at radius 1 is 1.53 bits per heavy atom. The van der Waals surface area contributed by atoms with E-state index in [4.69, 9.17) is 4.74 Å². The number of hydrogen-bond donors (Lipinski definition) is 0. The van der Waals surface area contributed by atoms with Gasteiger partial charge >= 0.3 is 0 Å². The second-order valence-corrected chi connectivity index (χ2v) is 4.76. The van der Waals surface area contributed by atoms with Crippen LogP contribution in [0.2, 0.25) is 0 Å².